The molecule has 3 aromatic rings. The predicted octanol–water partition coefficient (Wildman–Crippen LogP) is 3.61. The van der Waals surface area contributed by atoms with Crippen LogP contribution in [0.25, 0.3) is 10.4 Å². The maximum Gasteiger partial charge on any atom is 0.350 e. The number of amides is 1. The lowest BCUT2D eigenvalue weighted by atomic mass is 10.1. The van der Waals surface area contributed by atoms with Crippen molar-refractivity contribution in [1.82, 2.24) is 4.57 Å². The summed E-state index contributed by atoms with van der Waals surface area (Å²) in [6, 6.07) is 11.4. The number of ether oxygens (including phenoxy) is 1. The Morgan fingerprint density at radius 3 is 2.55 bits per heavy atom. The first kappa shape index (κ1) is 21.9. The first-order valence-electron chi connectivity index (χ1n) is 9.31. The van der Waals surface area contributed by atoms with Crippen LogP contribution < -0.4 is 10.9 Å². The molecule has 10 heteroatoms. The maximum atomic E-state index is 12.6. The van der Waals surface area contributed by atoms with Crippen LogP contribution in [0.5, 0.6) is 0 Å². The number of rotatable bonds is 7. The van der Waals surface area contributed by atoms with E-state index in [-0.39, 0.29) is 22.9 Å². The second-order valence-electron chi connectivity index (χ2n) is 6.60. The first-order chi connectivity index (χ1) is 14.8. The van der Waals surface area contributed by atoms with Crippen molar-refractivity contribution in [2.45, 2.75) is 20.4 Å². The number of esters is 1. The van der Waals surface area contributed by atoms with E-state index in [9.17, 15) is 24.5 Å². The van der Waals surface area contributed by atoms with Gasteiger partial charge in [0.15, 0.2) is 0 Å². The van der Waals surface area contributed by atoms with Crippen LogP contribution in [0, 0.1) is 17.0 Å². The molecule has 1 aromatic carbocycles. The monoisotopic (exact) mass is 441 g/mol. The number of hydrogen-bond donors (Lipinski definition) is 1. The average Bonchev–Trinajstić information content (AvgIpc) is 3.14. The lowest BCUT2D eigenvalue weighted by Crippen LogP contribution is -2.27. The summed E-state index contributed by atoms with van der Waals surface area (Å²) in [5, 5.41) is 13.5. The quantitative estimate of drug-likeness (QED) is 0.340. The van der Waals surface area contributed by atoms with Crippen LogP contribution in [-0.4, -0.2) is 28.0 Å². The molecule has 0 aliphatic heterocycles. The Morgan fingerprint density at radius 2 is 1.90 bits per heavy atom. The summed E-state index contributed by atoms with van der Waals surface area (Å²) >= 11 is 1.18. The standard InChI is InChI=1S/C21H19N3O6S/c1-3-30-21(27)20-16(10-17(31-20)14-6-4-13(2)5-7-14)22-18(25)12-23-11-15(24(28)29)8-9-19(23)26/h4-11H,3,12H2,1-2H3,(H,22,25). The van der Waals surface area contributed by atoms with Gasteiger partial charge in [-0.05, 0) is 25.5 Å². The van der Waals surface area contributed by atoms with Crippen molar-refractivity contribution in [2.24, 2.45) is 0 Å². The number of nitrogens with one attached hydrogen (secondary N) is 1. The highest BCUT2D eigenvalue weighted by Crippen LogP contribution is 2.35. The summed E-state index contributed by atoms with van der Waals surface area (Å²) in [5.74, 6) is -1.19. The fraction of sp³-hybridized carbons (Fsp3) is 0.190. The minimum Gasteiger partial charge on any atom is -0.462 e. The number of hydrogen-bond acceptors (Lipinski definition) is 7. The molecule has 31 heavy (non-hydrogen) atoms. The Morgan fingerprint density at radius 1 is 1.19 bits per heavy atom. The van der Waals surface area contributed by atoms with Gasteiger partial charge < -0.3 is 10.1 Å². The summed E-state index contributed by atoms with van der Waals surface area (Å²) in [6.45, 7) is 3.37. The van der Waals surface area contributed by atoms with E-state index in [4.69, 9.17) is 4.74 Å². The third kappa shape index (κ3) is 5.23. The van der Waals surface area contributed by atoms with E-state index in [0.29, 0.717) is 0 Å². The van der Waals surface area contributed by atoms with Gasteiger partial charge in [0, 0.05) is 17.0 Å². The third-order valence-corrected chi connectivity index (χ3v) is 5.46. The lowest BCUT2D eigenvalue weighted by molar-refractivity contribution is -0.385. The Labute approximate surface area is 181 Å². The molecule has 1 amide bonds. The average molecular weight is 441 g/mol. The molecule has 0 radical (unpaired) electrons. The number of aryl methyl sites for hydroxylation is 1. The molecule has 0 spiro atoms. The van der Waals surface area contributed by atoms with Crippen molar-refractivity contribution >= 4 is 34.6 Å². The SMILES string of the molecule is CCOC(=O)c1sc(-c2ccc(C)cc2)cc1NC(=O)Cn1cc([N+](=O)[O-])ccc1=O. The van der Waals surface area contributed by atoms with Gasteiger partial charge in [-0.2, -0.15) is 0 Å². The summed E-state index contributed by atoms with van der Waals surface area (Å²) in [5.41, 5.74) is 1.34. The highest BCUT2D eigenvalue weighted by atomic mass is 32.1. The molecule has 0 unspecified atom stereocenters. The Hall–Kier alpha value is -3.79. The molecule has 2 heterocycles. The van der Waals surface area contributed by atoms with Gasteiger partial charge in [-0.25, -0.2) is 4.79 Å². The Bertz CT molecular complexity index is 1200. The zero-order valence-corrected chi connectivity index (χ0v) is 17.6. The van der Waals surface area contributed by atoms with Crippen molar-refractivity contribution in [3.63, 3.8) is 0 Å². The van der Waals surface area contributed by atoms with Gasteiger partial charge in [-0.3, -0.25) is 24.3 Å². The summed E-state index contributed by atoms with van der Waals surface area (Å²) in [7, 11) is 0. The fourth-order valence-corrected chi connectivity index (χ4v) is 3.80. The van der Waals surface area contributed by atoms with E-state index < -0.39 is 28.9 Å². The minimum atomic E-state index is -0.653. The van der Waals surface area contributed by atoms with Gasteiger partial charge in [0.25, 0.3) is 11.2 Å². The number of benzene rings is 1. The normalized spacial score (nSPS) is 10.5. The predicted molar refractivity (Wildman–Crippen MR) is 116 cm³/mol. The van der Waals surface area contributed by atoms with E-state index in [2.05, 4.69) is 5.32 Å². The zero-order valence-electron chi connectivity index (χ0n) is 16.8. The number of pyridine rings is 1. The molecule has 0 aliphatic carbocycles. The number of nitrogens with zero attached hydrogens (tertiary/aromatic N) is 2. The van der Waals surface area contributed by atoms with Crippen LogP contribution in [0.4, 0.5) is 11.4 Å². The number of carbonyl (C=O) groups excluding carboxylic acids is 2. The molecular formula is C21H19N3O6S. The summed E-state index contributed by atoms with van der Waals surface area (Å²) in [4.78, 5) is 48.1. The van der Waals surface area contributed by atoms with Crippen LogP contribution >= 0.6 is 11.3 Å². The van der Waals surface area contributed by atoms with Crippen LogP contribution in [-0.2, 0) is 16.1 Å². The molecule has 0 atom stereocenters. The number of carbonyl (C=O) groups is 2. The van der Waals surface area contributed by atoms with Crippen LogP contribution in [0.2, 0.25) is 0 Å². The maximum absolute atomic E-state index is 12.6. The molecule has 9 nitrogen and oxygen atoms in total. The first-order valence-corrected chi connectivity index (χ1v) is 10.1. The largest absolute Gasteiger partial charge is 0.462 e. The van der Waals surface area contributed by atoms with Crippen molar-refractivity contribution in [1.29, 1.82) is 0 Å². The molecule has 0 bridgehead atoms. The summed E-state index contributed by atoms with van der Waals surface area (Å²) < 4.78 is 6.02. The van der Waals surface area contributed by atoms with E-state index in [1.807, 2.05) is 31.2 Å². The van der Waals surface area contributed by atoms with E-state index in [0.717, 1.165) is 38.9 Å². The highest BCUT2D eigenvalue weighted by Gasteiger charge is 2.20. The minimum absolute atomic E-state index is 0.174. The highest BCUT2D eigenvalue weighted by molar-refractivity contribution is 7.18. The molecule has 160 valence electrons. The van der Waals surface area contributed by atoms with Gasteiger partial charge >= 0.3 is 5.97 Å². The molecule has 0 aliphatic rings. The van der Waals surface area contributed by atoms with Gasteiger partial charge in [0.2, 0.25) is 5.91 Å². The molecule has 1 N–H and O–H groups in total. The molecule has 0 fully saturated rings. The Kier molecular flexibility index (Phi) is 6.61. The smallest absolute Gasteiger partial charge is 0.350 e. The third-order valence-electron chi connectivity index (χ3n) is 4.30. The van der Waals surface area contributed by atoms with Gasteiger partial charge in [0.1, 0.15) is 11.4 Å². The molecule has 0 saturated carbocycles. The van der Waals surface area contributed by atoms with Crippen molar-refractivity contribution in [3.05, 3.63) is 79.6 Å². The van der Waals surface area contributed by atoms with Gasteiger partial charge in [0.05, 0.1) is 23.4 Å². The zero-order chi connectivity index (χ0) is 22.5. The summed E-state index contributed by atoms with van der Waals surface area (Å²) in [6.07, 6.45) is 1.000. The Balaban J connectivity index is 1.89. The number of nitro groups is 1. The van der Waals surface area contributed by atoms with Crippen molar-refractivity contribution in [3.8, 4) is 10.4 Å². The second kappa shape index (κ2) is 9.35. The van der Waals surface area contributed by atoms with E-state index in [1.54, 1.807) is 13.0 Å². The molecule has 3 rings (SSSR count). The second-order valence-corrected chi connectivity index (χ2v) is 7.65. The fourth-order valence-electron chi connectivity index (χ4n) is 2.79. The van der Waals surface area contributed by atoms with Gasteiger partial charge in [-0.1, -0.05) is 29.8 Å². The van der Waals surface area contributed by atoms with E-state index >= 15 is 0 Å². The van der Waals surface area contributed by atoms with Crippen LogP contribution in [0.1, 0.15) is 22.2 Å². The van der Waals surface area contributed by atoms with E-state index in [1.165, 1.54) is 11.3 Å². The van der Waals surface area contributed by atoms with Crippen LogP contribution in [0.15, 0.2) is 53.5 Å². The number of thiophene rings is 1. The topological polar surface area (TPSA) is 121 Å². The molecule has 0 saturated heterocycles. The van der Waals surface area contributed by atoms with Crippen LogP contribution in [0.3, 0.4) is 0 Å². The number of anilines is 1. The number of aromatic nitrogens is 1. The lowest BCUT2D eigenvalue weighted by Gasteiger charge is -2.08. The van der Waals surface area contributed by atoms with Gasteiger partial charge in [-0.15, -0.1) is 11.3 Å². The van der Waals surface area contributed by atoms with Crippen molar-refractivity contribution < 1.29 is 19.2 Å². The van der Waals surface area contributed by atoms with Crippen molar-refractivity contribution in [2.75, 3.05) is 11.9 Å². The molecule has 2 aromatic heterocycles. The molecular weight excluding hydrogens is 422 g/mol.